The fourth-order valence-corrected chi connectivity index (χ4v) is 3.61. The number of benzene rings is 1. The number of nitrogens with two attached hydrogens (primary N) is 1. The van der Waals surface area contributed by atoms with E-state index in [9.17, 15) is 27.9 Å². The van der Waals surface area contributed by atoms with Gasteiger partial charge in [0.2, 0.25) is 10.0 Å². The fourth-order valence-electron chi connectivity index (χ4n) is 2.55. The van der Waals surface area contributed by atoms with Gasteiger partial charge in [0.1, 0.15) is 4.90 Å². The predicted molar refractivity (Wildman–Crippen MR) is 88.0 cm³/mol. The number of imide groups is 1. The first kappa shape index (κ1) is 18.6. The van der Waals surface area contributed by atoms with Gasteiger partial charge in [0.15, 0.2) is 0 Å². The van der Waals surface area contributed by atoms with E-state index in [2.05, 4.69) is 5.43 Å². The third kappa shape index (κ3) is 3.13. The Balaban J connectivity index is 2.60. The maximum atomic E-state index is 12.1. The monoisotopic (exact) mass is 367 g/mol. The van der Waals surface area contributed by atoms with Crippen molar-refractivity contribution in [2.75, 3.05) is 5.43 Å². The molecule has 1 aliphatic rings. The van der Waals surface area contributed by atoms with Crippen LogP contribution in [0.1, 0.15) is 36.7 Å². The smallest absolute Gasteiger partial charge is 0.337 e. The first-order valence-corrected chi connectivity index (χ1v) is 8.80. The zero-order valence-corrected chi connectivity index (χ0v) is 14.6. The number of primary sulfonamides is 1. The molecule has 1 aromatic carbocycles. The van der Waals surface area contributed by atoms with Crippen LogP contribution in [0.5, 0.6) is 0 Å². The van der Waals surface area contributed by atoms with Crippen molar-refractivity contribution in [2.45, 2.75) is 32.1 Å². The van der Waals surface area contributed by atoms with E-state index in [1.54, 1.807) is 6.92 Å². The topological polar surface area (TPSA) is 147 Å². The summed E-state index contributed by atoms with van der Waals surface area (Å²) in [5, 5.41) is 15.1. The Kier molecular flexibility index (Phi) is 4.69. The van der Waals surface area contributed by atoms with E-state index < -0.39 is 38.3 Å². The minimum atomic E-state index is -4.35. The number of carboxylic acid groups (broad SMARTS) is 1. The third-order valence-corrected chi connectivity index (χ3v) is 5.01. The lowest BCUT2D eigenvalue weighted by Gasteiger charge is -2.21. The van der Waals surface area contributed by atoms with Gasteiger partial charge in [-0.1, -0.05) is 6.92 Å². The van der Waals surface area contributed by atoms with Crippen molar-refractivity contribution in [3.05, 3.63) is 34.4 Å². The highest BCUT2D eigenvalue weighted by Crippen LogP contribution is 2.30. The highest BCUT2D eigenvalue weighted by Gasteiger charge is 2.35. The highest BCUT2D eigenvalue weighted by molar-refractivity contribution is 7.89. The molecule has 9 nitrogen and oxygen atoms in total. The SMILES string of the molecule is CCc1c(NN2C(=O)C(C)=C(C)C2=O)ccc(C(=O)O)c1S(N)(=O)=O. The number of rotatable bonds is 5. The molecule has 10 heteroatoms. The van der Waals surface area contributed by atoms with Gasteiger partial charge in [0.05, 0.1) is 11.3 Å². The largest absolute Gasteiger partial charge is 0.478 e. The zero-order chi connectivity index (χ0) is 19.1. The lowest BCUT2D eigenvalue weighted by Crippen LogP contribution is -2.37. The summed E-state index contributed by atoms with van der Waals surface area (Å²) in [4.78, 5) is 35.0. The molecule has 0 atom stereocenters. The van der Waals surface area contributed by atoms with Gasteiger partial charge in [0, 0.05) is 11.1 Å². The number of carbonyl (C=O) groups excluding carboxylic acids is 2. The van der Waals surface area contributed by atoms with E-state index in [0.717, 1.165) is 11.1 Å². The summed E-state index contributed by atoms with van der Waals surface area (Å²) < 4.78 is 23.8. The van der Waals surface area contributed by atoms with E-state index >= 15 is 0 Å². The lowest BCUT2D eigenvalue weighted by atomic mass is 10.1. The Morgan fingerprint density at radius 1 is 1.20 bits per heavy atom. The van der Waals surface area contributed by atoms with Crippen LogP contribution in [-0.4, -0.2) is 36.3 Å². The number of aromatic carboxylic acids is 1. The summed E-state index contributed by atoms with van der Waals surface area (Å²) in [7, 11) is -4.35. The molecule has 0 unspecified atom stereocenters. The number of sulfonamides is 1. The number of hydrogen-bond donors (Lipinski definition) is 3. The molecule has 1 heterocycles. The Bertz CT molecular complexity index is 909. The number of carboxylic acids is 1. The van der Waals surface area contributed by atoms with Crippen molar-refractivity contribution in [1.82, 2.24) is 5.01 Å². The zero-order valence-electron chi connectivity index (χ0n) is 13.8. The van der Waals surface area contributed by atoms with Gasteiger partial charge in [-0.2, -0.15) is 5.01 Å². The lowest BCUT2D eigenvalue weighted by molar-refractivity contribution is -0.135. The second kappa shape index (κ2) is 6.30. The first-order chi connectivity index (χ1) is 11.5. The van der Waals surface area contributed by atoms with Crippen molar-refractivity contribution in [1.29, 1.82) is 0 Å². The van der Waals surface area contributed by atoms with Crippen LogP contribution in [0, 0.1) is 0 Å². The fraction of sp³-hybridized carbons (Fsp3) is 0.267. The quantitative estimate of drug-likeness (QED) is 0.647. The van der Waals surface area contributed by atoms with Crippen molar-refractivity contribution >= 4 is 33.5 Å². The van der Waals surface area contributed by atoms with Crippen molar-refractivity contribution in [3.63, 3.8) is 0 Å². The van der Waals surface area contributed by atoms with E-state index in [0.29, 0.717) is 0 Å². The molecule has 1 aliphatic heterocycles. The normalized spacial score (nSPS) is 15.1. The third-order valence-electron chi connectivity index (χ3n) is 3.97. The van der Waals surface area contributed by atoms with Gasteiger partial charge in [-0.05, 0) is 38.0 Å². The molecule has 134 valence electrons. The number of amides is 2. The van der Waals surface area contributed by atoms with Gasteiger partial charge in [-0.25, -0.2) is 18.4 Å². The number of hydrazine groups is 1. The molecule has 2 amide bonds. The Labute approximate surface area is 144 Å². The molecule has 2 rings (SSSR count). The second-order valence-corrected chi connectivity index (χ2v) is 6.98. The molecule has 0 aromatic heterocycles. The summed E-state index contributed by atoms with van der Waals surface area (Å²) in [6.07, 6.45) is 0.108. The number of hydrogen-bond acceptors (Lipinski definition) is 6. The first-order valence-electron chi connectivity index (χ1n) is 7.25. The minimum Gasteiger partial charge on any atom is -0.478 e. The number of carbonyl (C=O) groups is 3. The van der Waals surface area contributed by atoms with Crippen LogP contribution in [0.3, 0.4) is 0 Å². The highest BCUT2D eigenvalue weighted by atomic mass is 32.2. The Morgan fingerprint density at radius 2 is 1.72 bits per heavy atom. The van der Waals surface area contributed by atoms with Crippen LogP contribution in [0.15, 0.2) is 28.2 Å². The molecule has 1 aromatic rings. The van der Waals surface area contributed by atoms with E-state index in [1.165, 1.54) is 19.9 Å². The summed E-state index contributed by atoms with van der Waals surface area (Å²) in [5.74, 6) is -2.58. The molecular formula is C15H17N3O6S. The average molecular weight is 367 g/mol. The Morgan fingerprint density at radius 3 is 2.12 bits per heavy atom. The molecule has 0 spiro atoms. The van der Waals surface area contributed by atoms with E-state index in [-0.39, 0.29) is 28.8 Å². The standard InChI is InChI=1S/C15H17N3O6S/c1-4-9-11(17-18-13(19)7(2)8(3)14(18)20)6-5-10(15(21)22)12(9)25(16,23)24/h5-6,17H,4H2,1-3H3,(H,21,22)(H2,16,23,24). The van der Waals surface area contributed by atoms with Gasteiger partial charge < -0.3 is 5.11 Å². The molecule has 25 heavy (non-hydrogen) atoms. The van der Waals surface area contributed by atoms with Crippen LogP contribution < -0.4 is 10.6 Å². The summed E-state index contributed by atoms with van der Waals surface area (Å²) >= 11 is 0. The molecular weight excluding hydrogens is 350 g/mol. The summed E-state index contributed by atoms with van der Waals surface area (Å²) in [5.41, 5.74) is 2.82. The van der Waals surface area contributed by atoms with Gasteiger partial charge in [-0.3, -0.25) is 15.0 Å². The van der Waals surface area contributed by atoms with Crippen LogP contribution in [-0.2, 0) is 26.0 Å². The Hall–Kier alpha value is -2.72. The molecule has 4 N–H and O–H groups in total. The minimum absolute atomic E-state index is 0.0743. The molecule has 0 bridgehead atoms. The molecule has 0 aliphatic carbocycles. The van der Waals surface area contributed by atoms with Gasteiger partial charge in [0.25, 0.3) is 11.8 Å². The van der Waals surface area contributed by atoms with Crippen molar-refractivity contribution < 1.29 is 27.9 Å². The van der Waals surface area contributed by atoms with E-state index in [1.807, 2.05) is 0 Å². The van der Waals surface area contributed by atoms with Crippen LogP contribution in [0.25, 0.3) is 0 Å². The van der Waals surface area contributed by atoms with Gasteiger partial charge in [-0.15, -0.1) is 0 Å². The van der Waals surface area contributed by atoms with Crippen LogP contribution >= 0.6 is 0 Å². The van der Waals surface area contributed by atoms with Crippen molar-refractivity contribution in [2.24, 2.45) is 5.14 Å². The number of nitrogens with one attached hydrogen (secondary N) is 1. The van der Waals surface area contributed by atoms with Crippen LogP contribution in [0.4, 0.5) is 5.69 Å². The molecule has 0 saturated carbocycles. The summed E-state index contributed by atoms with van der Waals surface area (Å²) in [6.45, 7) is 4.60. The second-order valence-electron chi connectivity index (χ2n) is 5.48. The van der Waals surface area contributed by atoms with Gasteiger partial charge >= 0.3 is 5.97 Å². The average Bonchev–Trinajstić information content (AvgIpc) is 2.71. The maximum absolute atomic E-state index is 12.1. The predicted octanol–water partition coefficient (Wildman–Crippen LogP) is 0.627. The molecule has 0 fully saturated rings. The van der Waals surface area contributed by atoms with Crippen LogP contribution in [0.2, 0.25) is 0 Å². The van der Waals surface area contributed by atoms with E-state index in [4.69, 9.17) is 5.14 Å². The summed E-state index contributed by atoms with van der Waals surface area (Å²) in [6, 6.07) is 2.35. The number of anilines is 1. The maximum Gasteiger partial charge on any atom is 0.337 e. The molecule has 0 saturated heterocycles. The molecule has 0 radical (unpaired) electrons. The van der Waals surface area contributed by atoms with Crippen molar-refractivity contribution in [3.8, 4) is 0 Å². The number of nitrogens with zero attached hydrogens (tertiary/aromatic N) is 1.